The van der Waals surface area contributed by atoms with Gasteiger partial charge in [0.05, 0.1) is 18.4 Å². The van der Waals surface area contributed by atoms with E-state index >= 15 is 0 Å². The van der Waals surface area contributed by atoms with Crippen LogP contribution in [-0.4, -0.2) is 33.1 Å². The molecule has 0 saturated carbocycles. The van der Waals surface area contributed by atoms with Crippen LogP contribution in [0.15, 0.2) is 48.7 Å². The van der Waals surface area contributed by atoms with Crippen molar-refractivity contribution in [3.63, 3.8) is 0 Å². The molecule has 118 valence electrons. The van der Waals surface area contributed by atoms with E-state index < -0.39 is 5.92 Å². The largest absolute Gasteiger partial charge is 0.347 e. The summed E-state index contributed by atoms with van der Waals surface area (Å²) in [5, 5.41) is 4.25. The highest BCUT2D eigenvalue weighted by Crippen LogP contribution is 2.36. The van der Waals surface area contributed by atoms with Crippen LogP contribution in [-0.2, 0) is 0 Å². The van der Waals surface area contributed by atoms with Crippen molar-refractivity contribution in [3.8, 4) is 11.3 Å². The molecule has 0 aliphatic carbocycles. The van der Waals surface area contributed by atoms with Crippen LogP contribution in [0.1, 0.15) is 13.3 Å². The Bertz CT molecular complexity index is 844. The molecule has 0 radical (unpaired) electrons. The van der Waals surface area contributed by atoms with Gasteiger partial charge in [-0.05, 0) is 6.92 Å². The molecular weight excluding hydrogens is 298 g/mol. The van der Waals surface area contributed by atoms with Crippen LogP contribution < -0.4 is 4.90 Å². The average Bonchev–Trinajstić information content (AvgIpc) is 3.10. The van der Waals surface area contributed by atoms with E-state index in [9.17, 15) is 8.78 Å². The molecule has 1 fully saturated rings. The molecule has 4 nitrogen and oxygen atoms in total. The summed E-state index contributed by atoms with van der Waals surface area (Å²) in [6.45, 7) is 1.53. The third-order valence-electron chi connectivity index (χ3n) is 4.23. The molecule has 23 heavy (non-hydrogen) atoms. The first kappa shape index (κ1) is 14.1. The van der Waals surface area contributed by atoms with Gasteiger partial charge in [0, 0.05) is 30.2 Å². The van der Waals surface area contributed by atoms with Gasteiger partial charge in [-0.15, -0.1) is 0 Å². The summed E-state index contributed by atoms with van der Waals surface area (Å²) < 4.78 is 29.2. The van der Waals surface area contributed by atoms with Crippen molar-refractivity contribution in [1.82, 2.24) is 14.6 Å². The number of aromatic nitrogens is 3. The van der Waals surface area contributed by atoms with Crippen molar-refractivity contribution in [2.24, 2.45) is 0 Å². The van der Waals surface area contributed by atoms with Crippen molar-refractivity contribution in [2.45, 2.75) is 25.3 Å². The maximum Gasteiger partial charge on any atom is 0.267 e. The van der Waals surface area contributed by atoms with Crippen LogP contribution in [0.5, 0.6) is 0 Å². The summed E-state index contributed by atoms with van der Waals surface area (Å²) in [7, 11) is 0. The van der Waals surface area contributed by atoms with Gasteiger partial charge in [-0.1, -0.05) is 30.3 Å². The summed E-state index contributed by atoms with van der Waals surface area (Å²) in [6, 6.07) is 13.1. The number of anilines is 1. The molecule has 1 aromatic carbocycles. The first-order valence-electron chi connectivity index (χ1n) is 7.58. The first-order valence-corrected chi connectivity index (χ1v) is 7.58. The predicted octanol–water partition coefficient (Wildman–Crippen LogP) is 3.63. The second-order valence-corrected chi connectivity index (χ2v) is 6.00. The number of rotatable bonds is 2. The van der Waals surface area contributed by atoms with Crippen LogP contribution in [0.25, 0.3) is 16.9 Å². The Labute approximate surface area is 132 Å². The molecule has 0 N–H and O–H groups in total. The van der Waals surface area contributed by atoms with Crippen LogP contribution in [0.2, 0.25) is 0 Å². The van der Waals surface area contributed by atoms with Gasteiger partial charge < -0.3 is 4.90 Å². The zero-order valence-corrected chi connectivity index (χ0v) is 12.7. The minimum atomic E-state index is -2.67. The van der Waals surface area contributed by atoms with Gasteiger partial charge in [0.2, 0.25) is 0 Å². The van der Waals surface area contributed by atoms with Crippen LogP contribution in [0, 0.1) is 0 Å². The number of hydrogen-bond acceptors (Lipinski definition) is 3. The number of hydrogen-bond donors (Lipinski definition) is 0. The lowest BCUT2D eigenvalue weighted by Crippen LogP contribution is -2.30. The molecule has 2 aromatic heterocycles. The summed E-state index contributed by atoms with van der Waals surface area (Å²) in [5.74, 6) is -2.02. The van der Waals surface area contributed by atoms with E-state index in [2.05, 4.69) is 10.1 Å². The van der Waals surface area contributed by atoms with Gasteiger partial charge in [0.1, 0.15) is 5.82 Å². The fourth-order valence-electron chi connectivity index (χ4n) is 3.18. The smallest absolute Gasteiger partial charge is 0.267 e. The number of benzene rings is 1. The molecule has 6 heteroatoms. The van der Waals surface area contributed by atoms with Crippen molar-refractivity contribution < 1.29 is 8.78 Å². The topological polar surface area (TPSA) is 33.4 Å². The molecule has 1 atom stereocenters. The highest BCUT2D eigenvalue weighted by molar-refractivity contribution is 5.67. The van der Waals surface area contributed by atoms with E-state index in [0.717, 1.165) is 11.3 Å². The lowest BCUT2D eigenvalue weighted by Gasteiger charge is -2.24. The Kier molecular flexibility index (Phi) is 3.07. The molecule has 0 spiro atoms. The Hall–Kier alpha value is -2.50. The van der Waals surface area contributed by atoms with E-state index in [0.29, 0.717) is 11.5 Å². The number of halogens is 2. The molecule has 1 saturated heterocycles. The average molecular weight is 314 g/mol. The highest BCUT2D eigenvalue weighted by Gasteiger charge is 2.43. The second kappa shape index (κ2) is 5.01. The minimum Gasteiger partial charge on any atom is -0.347 e. The van der Waals surface area contributed by atoms with Gasteiger partial charge in [-0.2, -0.15) is 9.61 Å². The molecular formula is C17H16F2N4. The Balaban J connectivity index is 1.87. The van der Waals surface area contributed by atoms with E-state index in [-0.39, 0.29) is 19.0 Å². The third kappa shape index (κ3) is 2.44. The fraction of sp³-hybridized carbons (Fsp3) is 0.294. The Morgan fingerprint density at radius 1 is 1.17 bits per heavy atom. The molecule has 3 aromatic rings. The number of fused-ring (bicyclic) bond motifs is 1. The summed E-state index contributed by atoms with van der Waals surface area (Å²) in [5.41, 5.74) is 2.37. The zero-order chi connectivity index (χ0) is 16.0. The molecule has 1 unspecified atom stereocenters. The Morgan fingerprint density at radius 2 is 1.96 bits per heavy atom. The highest BCUT2D eigenvalue weighted by atomic mass is 19.3. The van der Waals surface area contributed by atoms with Crippen molar-refractivity contribution >= 4 is 11.5 Å². The summed E-state index contributed by atoms with van der Waals surface area (Å²) in [4.78, 5) is 6.30. The zero-order valence-electron chi connectivity index (χ0n) is 12.7. The van der Waals surface area contributed by atoms with Gasteiger partial charge in [-0.3, -0.25) is 0 Å². The fourth-order valence-corrected chi connectivity index (χ4v) is 3.18. The number of nitrogens with zero attached hydrogens (tertiary/aromatic N) is 4. The SMILES string of the molecule is CC1CC(F)(F)CN1c1cc(-c2ccccc2)nc2ccnn12. The van der Waals surface area contributed by atoms with Crippen LogP contribution in [0.3, 0.4) is 0 Å². The molecule has 1 aliphatic heterocycles. The van der Waals surface area contributed by atoms with Gasteiger partial charge in [0.25, 0.3) is 5.92 Å². The van der Waals surface area contributed by atoms with Crippen LogP contribution in [0.4, 0.5) is 14.6 Å². The van der Waals surface area contributed by atoms with Gasteiger partial charge >= 0.3 is 0 Å². The van der Waals surface area contributed by atoms with Crippen molar-refractivity contribution in [2.75, 3.05) is 11.4 Å². The summed E-state index contributed by atoms with van der Waals surface area (Å²) in [6.07, 6.45) is 1.50. The molecule has 4 rings (SSSR count). The van der Waals surface area contributed by atoms with E-state index in [1.54, 1.807) is 21.7 Å². The second-order valence-electron chi connectivity index (χ2n) is 6.00. The maximum absolute atomic E-state index is 13.8. The lowest BCUT2D eigenvalue weighted by molar-refractivity contribution is 0.0229. The first-order chi connectivity index (χ1) is 11.0. The minimum absolute atomic E-state index is 0.140. The monoisotopic (exact) mass is 314 g/mol. The molecule has 3 heterocycles. The summed E-state index contributed by atoms with van der Waals surface area (Å²) >= 11 is 0. The van der Waals surface area contributed by atoms with E-state index in [1.165, 1.54) is 0 Å². The van der Waals surface area contributed by atoms with Crippen molar-refractivity contribution in [3.05, 3.63) is 48.7 Å². The quantitative estimate of drug-likeness (QED) is 0.724. The van der Waals surface area contributed by atoms with Crippen LogP contribution >= 0.6 is 0 Å². The molecule has 1 aliphatic rings. The van der Waals surface area contributed by atoms with Crippen molar-refractivity contribution in [1.29, 1.82) is 0 Å². The predicted molar refractivity (Wildman–Crippen MR) is 84.8 cm³/mol. The van der Waals surface area contributed by atoms with Gasteiger partial charge in [-0.25, -0.2) is 13.8 Å². The molecule has 0 amide bonds. The maximum atomic E-state index is 13.8. The third-order valence-corrected chi connectivity index (χ3v) is 4.23. The lowest BCUT2D eigenvalue weighted by atomic mass is 10.1. The van der Waals surface area contributed by atoms with Gasteiger partial charge in [0.15, 0.2) is 5.65 Å². The van der Waals surface area contributed by atoms with E-state index in [1.807, 2.05) is 43.3 Å². The number of alkyl halides is 2. The molecule has 0 bridgehead atoms. The standard InChI is InChI=1S/C17H16F2N4/c1-12-10-17(18,19)11-22(12)16-9-14(13-5-3-2-4-6-13)21-15-7-8-20-23(15)16/h2-9,12H,10-11H2,1H3. The van der Waals surface area contributed by atoms with E-state index in [4.69, 9.17) is 0 Å². The normalized spacial score (nSPS) is 20.3. The Morgan fingerprint density at radius 3 is 2.65 bits per heavy atom.